The Morgan fingerprint density at radius 2 is 0.802 bits per heavy atom. The third kappa shape index (κ3) is 24.6. The van der Waals surface area contributed by atoms with E-state index in [0.717, 1.165) is 71.8 Å². The summed E-state index contributed by atoms with van der Waals surface area (Å²) in [4.78, 5) is 131. The van der Waals surface area contributed by atoms with Gasteiger partial charge in [-0.15, -0.1) is 0 Å². The van der Waals surface area contributed by atoms with Crippen molar-refractivity contribution in [1.82, 2.24) is 40.0 Å². The quantitative estimate of drug-likeness (QED) is 0.0435. The number of aryl methyl sites for hydroxylation is 1. The zero-order valence-corrected chi connectivity index (χ0v) is 56.9. The Balaban J connectivity index is 0.000000215. The highest BCUT2D eigenvalue weighted by Crippen LogP contribution is 2.32. The van der Waals surface area contributed by atoms with Crippen LogP contribution in [0.15, 0.2) is 97.1 Å². The molecular weight excluding hydrogens is 1320 g/mol. The van der Waals surface area contributed by atoms with E-state index in [1.807, 2.05) is 66.7 Å². The van der Waals surface area contributed by atoms with Crippen LogP contribution in [0.2, 0.25) is 0 Å². The summed E-state index contributed by atoms with van der Waals surface area (Å²) in [6.07, 6.45) is 0.946. The summed E-state index contributed by atoms with van der Waals surface area (Å²) in [6.45, 7) is 16.9. The lowest BCUT2D eigenvalue weighted by Crippen LogP contribution is -2.54. The second-order valence-electron chi connectivity index (χ2n) is 23.9. The summed E-state index contributed by atoms with van der Waals surface area (Å²) < 4.78 is 68.6. The molecule has 101 heavy (non-hydrogen) atoms. The third-order valence-electron chi connectivity index (χ3n) is 17.0. The lowest BCUT2D eigenvalue weighted by atomic mass is 9.99. The fraction of sp³-hybridized carbons (Fsp3) is 0.521. The van der Waals surface area contributed by atoms with Crippen molar-refractivity contribution in [2.75, 3.05) is 178 Å². The first-order chi connectivity index (χ1) is 49.2. The number of carbonyl (C=O) groups excluding carboxylic acids is 10. The van der Waals surface area contributed by atoms with Crippen molar-refractivity contribution >= 4 is 59.4 Å². The molecule has 0 aromatic heterocycles. The van der Waals surface area contributed by atoms with Crippen LogP contribution in [0.1, 0.15) is 90.2 Å². The minimum absolute atomic E-state index is 0.0340. The summed E-state index contributed by atoms with van der Waals surface area (Å²) in [7, 11) is 0. The summed E-state index contributed by atoms with van der Waals surface area (Å²) in [5, 5.41) is 4.29. The van der Waals surface area contributed by atoms with Crippen LogP contribution in [0.4, 0.5) is 14.0 Å². The molecule has 29 nitrogen and oxygen atoms in total. The van der Waals surface area contributed by atoms with E-state index in [4.69, 9.17) is 53.1 Å². The predicted octanol–water partition coefficient (Wildman–Crippen LogP) is 3.23. The van der Waals surface area contributed by atoms with E-state index in [9.17, 15) is 52.3 Å². The number of nitrogens with one attached hydrogen (secondary N) is 2. The minimum atomic E-state index is -1.07. The highest BCUT2D eigenvalue weighted by Gasteiger charge is 2.47. The molecule has 10 rings (SSSR count). The lowest BCUT2D eigenvalue weighted by molar-refractivity contribution is -0.137. The number of nitrogens with zero attached hydrogens (tertiary/aromatic N) is 6. The third-order valence-corrected chi connectivity index (χ3v) is 17.0. The van der Waals surface area contributed by atoms with Gasteiger partial charge in [0.05, 0.1) is 121 Å². The second-order valence-corrected chi connectivity index (χ2v) is 23.9. The maximum atomic E-state index is 13.7. The number of piperazine rings is 2. The van der Waals surface area contributed by atoms with E-state index < -0.39 is 65.2 Å². The number of ether oxygens (including phenoxy) is 10. The Morgan fingerprint density at radius 3 is 1.21 bits per heavy atom. The first-order valence-corrected chi connectivity index (χ1v) is 34.2. The maximum Gasteiger partial charge on any atom is 0.410 e. The Kier molecular flexibility index (Phi) is 33.0. The number of piperidine rings is 2. The number of hydrogen-bond donors (Lipinski definition) is 3. The molecule has 4 aromatic rings. The summed E-state index contributed by atoms with van der Waals surface area (Å²) in [6, 6.07) is 26.2. The topological polar surface area (TPSA) is 333 Å². The van der Waals surface area contributed by atoms with E-state index in [0.29, 0.717) is 163 Å². The number of hydrogen-bond acceptors (Lipinski definition) is 23. The SMILES string of the molecule is NCCOCCOCCOCCOCCN1CCN(C(=O)OCc2ccccc2)CC1.O=C1CCC(N2C(=O)c3cccc(CCCOCCOCCOCCOCCN4CCN(C(=O)OCc5ccccc5)CC4)c3C2=O)C(=O)N1.O=C1CCC(N2C(=O)c3cccc(F)c3C2=O)C(=O)N1. The first-order valence-electron chi connectivity index (χ1n) is 34.2. The molecule has 6 aliphatic rings. The van der Waals surface area contributed by atoms with Gasteiger partial charge in [0.25, 0.3) is 23.6 Å². The maximum absolute atomic E-state index is 13.7. The monoisotopic (exact) mass is 1410 g/mol. The van der Waals surface area contributed by atoms with E-state index in [2.05, 4.69) is 20.4 Å². The number of amides is 10. The second kappa shape index (κ2) is 42.7. The molecule has 6 aliphatic heterocycles. The lowest BCUT2D eigenvalue weighted by Gasteiger charge is -2.33. The molecule has 2 atom stereocenters. The molecule has 0 spiro atoms. The van der Waals surface area contributed by atoms with Gasteiger partial charge in [0.1, 0.15) is 31.1 Å². The van der Waals surface area contributed by atoms with Crippen molar-refractivity contribution in [3.63, 3.8) is 0 Å². The molecule has 4 aromatic carbocycles. The number of nitrogens with two attached hydrogens (primary N) is 1. The molecule has 548 valence electrons. The summed E-state index contributed by atoms with van der Waals surface area (Å²) in [5.74, 6) is -5.53. The zero-order chi connectivity index (χ0) is 71.6. The molecule has 2 unspecified atom stereocenters. The highest BCUT2D eigenvalue weighted by atomic mass is 19.1. The zero-order valence-electron chi connectivity index (χ0n) is 56.9. The molecule has 30 heteroatoms. The van der Waals surface area contributed by atoms with Gasteiger partial charge in [0.15, 0.2) is 0 Å². The molecule has 0 aliphatic carbocycles. The van der Waals surface area contributed by atoms with E-state index in [1.165, 1.54) is 12.1 Å². The van der Waals surface area contributed by atoms with Crippen LogP contribution in [0.5, 0.6) is 0 Å². The van der Waals surface area contributed by atoms with Crippen LogP contribution in [-0.2, 0) is 86.2 Å². The van der Waals surface area contributed by atoms with E-state index in [-0.39, 0.29) is 61.2 Å². The molecule has 6 heterocycles. The van der Waals surface area contributed by atoms with Gasteiger partial charge in [-0.25, -0.2) is 14.0 Å². The normalized spacial score (nSPS) is 17.8. The minimum Gasteiger partial charge on any atom is -0.445 e. The molecule has 0 radical (unpaired) electrons. The predicted molar refractivity (Wildman–Crippen MR) is 359 cm³/mol. The van der Waals surface area contributed by atoms with Gasteiger partial charge in [-0.3, -0.25) is 68.6 Å². The van der Waals surface area contributed by atoms with Crippen molar-refractivity contribution in [1.29, 1.82) is 0 Å². The number of benzene rings is 4. The van der Waals surface area contributed by atoms with Crippen LogP contribution in [0.3, 0.4) is 0 Å². The van der Waals surface area contributed by atoms with Crippen molar-refractivity contribution in [2.24, 2.45) is 5.73 Å². The molecule has 0 saturated carbocycles. The van der Waals surface area contributed by atoms with Crippen LogP contribution < -0.4 is 16.4 Å². The van der Waals surface area contributed by atoms with Gasteiger partial charge in [-0.2, -0.15) is 0 Å². The van der Waals surface area contributed by atoms with E-state index >= 15 is 0 Å². The highest BCUT2D eigenvalue weighted by molar-refractivity contribution is 6.24. The van der Waals surface area contributed by atoms with Gasteiger partial charge in [-0.05, 0) is 60.6 Å². The van der Waals surface area contributed by atoms with Crippen LogP contribution in [-0.4, -0.2) is 279 Å². The fourth-order valence-electron chi connectivity index (χ4n) is 11.6. The Hall–Kier alpha value is -8.53. The summed E-state index contributed by atoms with van der Waals surface area (Å²) in [5.41, 5.74) is 8.26. The first kappa shape index (κ1) is 78.2. The Morgan fingerprint density at radius 1 is 0.426 bits per heavy atom. The van der Waals surface area contributed by atoms with Gasteiger partial charge < -0.3 is 62.9 Å². The molecule has 0 bridgehead atoms. The summed E-state index contributed by atoms with van der Waals surface area (Å²) >= 11 is 0. The number of rotatable bonds is 36. The molecule has 4 fully saturated rings. The standard InChI is InChI=1S/C36H46N4O10.C22H37N3O6.C13H9FN2O4/c41-31-12-11-30(33(42)37-31)40-34(43)29-10-4-8-28(32(29)35(40)44)9-5-18-46-20-22-48-24-25-49-23-21-47-19-17-38-13-15-39(16-14-38)36(45)50-26-27-6-2-1-3-7-27;23-6-12-27-14-16-29-18-19-30-17-15-28-13-11-24-7-9-25(10-8-24)22(26)31-20-21-4-2-1-3-5-21;14-7-3-1-2-6-10(7)13(20)16(12(6)19)8-4-5-9(17)15-11(8)18/h1-4,6-8,10,30H,5,9,11-26H2,(H,37,41,42);1-5H,6-20,23H2;1-3,8H,4-5H2,(H,15,17,18). The van der Waals surface area contributed by atoms with Gasteiger partial charge in [0.2, 0.25) is 23.6 Å². The van der Waals surface area contributed by atoms with Crippen molar-refractivity contribution < 1.29 is 99.7 Å². The average molecular weight is 1410 g/mol. The van der Waals surface area contributed by atoms with Crippen LogP contribution >= 0.6 is 0 Å². The number of halogens is 1. The van der Waals surface area contributed by atoms with Gasteiger partial charge >= 0.3 is 12.2 Å². The smallest absolute Gasteiger partial charge is 0.410 e. The van der Waals surface area contributed by atoms with Crippen LogP contribution in [0, 0.1) is 5.82 Å². The average Bonchev–Trinajstić information content (AvgIpc) is 1.61. The number of imide groups is 4. The molecular formula is C71H92FN9O20. The largest absolute Gasteiger partial charge is 0.445 e. The molecule has 4 saturated heterocycles. The fourth-order valence-corrected chi connectivity index (χ4v) is 11.6. The Bertz CT molecular complexity index is 3360. The van der Waals surface area contributed by atoms with Gasteiger partial charge in [-0.1, -0.05) is 78.9 Å². The van der Waals surface area contributed by atoms with Crippen molar-refractivity contribution in [3.8, 4) is 0 Å². The number of carbonyl (C=O) groups is 10. The van der Waals surface area contributed by atoms with E-state index in [1.54, 1.807) is 21.9 Å². The Labute approximate surface area is 586 Å². The van der Waals surface area contributed by atoms with Crippen LogP contribution in [0.25, 0.3) is 0 Å². The molecule has 4 N–H and O–H groups in total. The van der Waals surface area contributed by atoms with Crippen molar-refractivity contribution in [2.45, 2.75) is 63.8 Å². The van der Waals surface area contributed by atoms with Gasteiger partial charge in [0, 0.05) is 91.4 Å². The van der Waals surface area contributed by atoms with Crippen molar-refractivity contribution in [3.05, 3.63) is 142 Å². The molecule has 10 amide bonds. The number of fused-ring (bicyclic) bond motifs is 2.